The predicted octanol–water partition coefficient (Wildman–Crippen LogP) is 23.0. The Hall–Kier alpha value is -12.0. The summed E-state index contributed by atoms with van der Waals surface area (Å²) in [4.78, 5) is 24.3. The van der Waals surface area contributed by atoms with E-state index in [-0.39, 0.29) is 16.6 Å². The highest BCUT2D eigenvalue weighted by molar-refractivity contribution is 9.10. The molecule has 0 N–H and O–H groups in total. The lowest BCUT2D eigenvalue weighted by Crippen LogP contribution is -2.41. The van der Waals surface area contributed by atoms with Crippen LogP contribution in [0, 0.1) is 0 Å². The van der Waals surface area contributed by atoms with Crippen molar-refractivity contribution < 1.29 is 9.31 Å². The van der Waals surface area contributed by atoms with E-state index in [4.69, 9.17) is 9.31 Å². The molecule has 0 saturated carbocycles. The van der Waals surface area contributed by atoms with Gasteiger partial charge in [0, 0.05) is 20.1 Å². The number of aromatic nitrogens is 6. The number of benzene rings is 14. The van der Waals surface area contributed by atoms with Gasteiger partial charge in [0.1, 0.15) is 25.3 Å². The lowest BCUT2D eigenvalue weighted by atomic mass is 9.66. The van der Waals surface area contributed by atoms with E-state index in [2.05, 4.69) is 423 Å². The van der Waals surface area contributed by atoms with E-state index in [1.54, 1.807) is 0 Å². The smallest absolute Gasteiger partial charge is 0.399 e. The molecule has 0 unspecified atom stereocenters. The minimum Gasteiger partial charge on any atom is -0.399 e. The Morgan fingerprint density at radius 3 is 0.900 bits per heavy atom. The second kappa shape index (κ2) is 29.9. The molecule has 0 amide bonds. The van der Waals surface area contributed by atoms with E-state index < -0.39 is 17.9 Å². The molecule has 530 valence electrons. The van der Waals surface area contributed by atoms with Crippen LogP contribution >= 0.6 is 31.9 Å². The number of rotatable bonds is 10. The highest BCUT2D eigenvalue weighted by Crippen LogP contribution is 2.59. The molecular weight excluding hydrogens is 1480 g/mol. The van der Waals surface area contributed by atoms with Gasteiger partial charge in [0.25, 0.3) is 0 Å². The fourth-order valence-corrected chi connectivity index (χ4v) is 17.5. The van der Waals surface area contributed by atoms with Gasteiger partial charge in [0.05, 0.1) is 27.4 Å². The minimum atomic E-state index is -0.409. The van der Waals surface area contributed by atoms with Crippen molar-refractivity contribution in [2.24, 2.45) is 0 Å². The molecule has 20 rings (SSSR count). The largest absolute Gasteiger partial charge is 0.494 e. The third-order valence-corrected chi connectivity index (χ3v) is 23.5. The Morgan fingerprint density at radius 1 is 0.245 bits per heavy atom. The molecule has 1 fully saturated rings. The van der Waals surface area contributed by atoms with Gasteiger partial charge < -0.3 is 9.31 Å². The van der Waals surface area contributed by atoms with Gasteiger partial charge in [-0.25, -0.2) is 29.9 Å². The standard InChI is InChI=1S/C34H23N3.C31H29BO2.C25H17Br.C9H6BrN3/c1-2-10-27(11-3-1)34(31-15-6-4-13-29(31)30-14-5-7-16-32(30)34)28-12-8-9-26(21-28)24-17-19-25(20-18-24)33-36-22-35-23-37-33;1-29(2)30(3,4)34-32(33-29)24-16-12-15-23(21-24)31(22-13-6-5-7-14-22)27-19-10-8-17-25(27)26-18-9-11-20-28(26)31;26-20-12-8-11-19(17-20)25(18-9-2-1-3-10-18)23-15-6-4-13-21(23)22-14-5-7-16-24(22)25;10-8-3-1-7(2-4-8)9-12-5-11-6-13-9/h1-23H;5-21H,1-4H3;1-17H;1-6H. The molecule has 3 heterocycles. The van der Waals surface area contributed by atoms with E-state index in [1.165, 1.54) is 131 Å². The van der Waals surface area contributed by atoms with Crippen molar-refractivity contribution in [2.45, 2.75) is 55.1 Å². The number of nitrogens with zero attached hydrogens (tertiary/aromatic N) is 6. The average molecular weight is 1550 g/mol. The second-order valence-corrected chi connectivity index (χ2v) is 30.8. The first-order chi connectivity index (χ1) is 53.9. The molecule has 110 heavy (non-hydrogen) atoms. The predicted molar refractivity (Wildman–Crippen MR) is 452 cm³/mol. The fourth-order valence-electron chi connectivity index (χ4n) is 16.9. The quantitative estimate of drug-likeness (QED) is 0.125. The summed E-state index contributed by atoms with van der Waals surface area (Å²) in [5.74, 6) is 1.38. The van der Waals surface area contributed by atoms with Gasteiger partial charge in [-0.1, -0.05) is 359 Å². The molecule has 0 radical (unpaired) electrons. The van der Waals surface area contributed by atoms with Crippen LogP contribution in [0.25, 0.3) is 67.3 Å². The maximum absolute atomic E-state index is 6.42. The van der Waals surface area contributed by atoms with Crippen LogP contribution in [0.4, 0.5) is 0 Å². The van der Waals surface area contributed by atoms with Crippen molar-refractivity contribution in [3.8, 4) is 67.3 Å². The number of hydrogen-bond acceptors (Lipinski definition) is 8. The summed E-state index contributed by atoms with van der Waals surface area (Å²) in [6.07, 6.45) is 6.04. The van der Waals surface area contributed by atoms with Crippen molar-refractivity contribution in [2.75, 3.05) is 0 Å². The second-order valence-electron chi connectivity index (χ2n) is 28.9. The topological polar surface area (TPSA) is 95.8 Å². The lowest BCUT2D eigenvalue weighted by Gasteiger charge is -2.34. The molecule has 0 spiro atoms. The number of hydrogen-bond donors (Lipinski definition) is 0. The number of fused-ring (bicyclic) bond motifs is 9. The molecule has 14 aromatic carbocycles. The first-order valence-corrected chi connectivity index (χ1v) is 38.6. The lowest BCUT2D eigenvalue weighted by molar-refractivity contribution is 0.00578. The van der Waals surface area contributed by atoms with Crippen molar-refractivity contribution in [1.29, 1.82) is 0 Å². The highest BCUT2D eigenvalue weighted by atomic mass is 79.9. The third kappa shape index (κ3) is 12.5. The Bertz CT molecular complexity index is 5820. The van der Waals surface area contributed by atoms with E-state index in [1.807, 2.05) is 24.3 Å². The fraction of sp³-hybridized carbons (Fsp3) is 0.0909. The van der Waals surface area contributed by atoms with Gasteiger partial charge in [0.2, 0.25) is 0 Å². The van der Waals surface area contributed by atoms with Crippen LogP contribution < -0.4 is 5.46 Å². The molecule has 3 aliphatic carbocycles. The van der Waals surface area contributed by atoms with Gasteiger partial charge in [-0.3, -0.25) is 0 Å². The van der Waals surface area contributed by atoms with E-state index in [9.17, 15) is 0 Å². The molecule has 0 bridgehead atoms. The van der Waals surface area contributed by atoms with Gasteiger partial charge in [-0.15, -0.1) is 0 Å². The van der Waals surface area contributed by atoms with Crippen LogP contribution in [-0.2, 0) is 25.6 Å². The Balaban J connectivity index is 0.000000112. The summed E-state index contributed by atoms with van der Waals surface area (Å²) in [6.45, 7) is 8.41. The summed E-state index contributed by atoms with van der Waals surface area (Å²) in [6, 6.07) is 128. The summed E-state index contributed by atoms with van der Waals surface area (Å²) in [7, 11) is -0.398. The first-order valence-electron chi connectivity index (χ1n) is 37.1. The Kier molecular flexibility index (Phi) is 19.3. The molecule has 11 heteroatoms. The summed E-state index contributed by atoms with van der Waals surface area (Å²) < 4.78 is 15.0. The molecule has 8 nitrogen and oxygen atoms in total. The van der Waals surface area contributed by atoms with Crippen molar-refractivity contribution >= 4 is 44.4 Å². The van der Waals surface area contributed by atoms with E-state index >= 15 is 0 Å². The van der Waals surface area contributed by atoms with Crippen LogP contribution in [0.3, 0.4) is 0 Å². The molecular formula is C99H75BBr2N6O2. The monoisotopic (exact) mass is 1550 g/mol. The Morgan fingerprint density at radius 2 is 0.536 bits per heavy atom. The SMILES string of the molecule is Brc1ccc(-c2ncncn2)cc1.Brc1cccc(C2(c3ccccc3)c3ccccc3-c3ccccc32)c1.CC1(C)OB(c2cccc(C3(c4ccccc4)c4ccccc4-c4ccccc43)c2)OC1(C)C.c1ccc(C2(c3cccc(-c4ccc(-c5ncncn5)cc4)c3)c3ccccc3-c3ccccc32)cc1. The maximum Gasteiger partial charge on any atom is 0.494 e. The van der Waals surface area contributed by atoms with Crippen molar-refractivity contribution in [1.82, 2.24) is 29.9 Å². The molecule has 2 aromatic heterocycles. The van der Waals surface area contributed by atoms with Gasteiger partial charge in [-0.05, 0) is 175 Å². The Labute approximate surface area is 660 Å². The zero-order valence-corrected chi connectivity index (χ0v) is 64.4. The van der Waals surface area contributed by atoms with Crippen molar-refractivity contribution in [3.05, 3.63) is 459 Å². The summed E-state index contributed by atoms with van der Waals surface area (Å²) in [5, 5.41) is 0. The summed E-state index contributed by atoms with van der Waals surface area (Å²) in [5.41, 5.74) is 26.9. The van der Waals surface area contributed by atoms with Crippen LogP contribution in [0.2, 0.25) is 0 Å². The molecule has 4 aliphatic rings. The maximum atomic E-state index is 6.42. The summed E-state index contributed by atoms with van der Waals surface area (Å²) >= 11 is 7.05. The van der Waals surface area contributed by atoms with Crippen LogP contribution in [0.1, 0.15) is 94.5 Å². The molecule has 1 aliphatic heterocycles. The van der Waals surface area contributed by atoms with Crippen molar-refractivity contribution in [3.63, 3.8) is 0 Å². The normalized spacial score (nSPS) is 14.7. The highest BCUT2D eigenvalue weighted by Gasteiger charge is 2.53. The third-order valence-electron chi connectivity index (χ3n) is 22.4. The van der Waals surface area contributed by atoms with Gasteiger partial charge in [0.15, 0.2) is 11.6 Å². The molecule has 1 saturated heterocycles. The van der Waals surface area contributed by atoms with Gasteiger partial charge >= 0.3 is 7.12 Å². The molecule has 0 atom stereocenters. The van der Waals surface area contributed by atoms with E-state index in [0.717, 1.165) is 31.1 Å². The van der Waals surface area contributed by atoms with Gasteiger partial charge in [-0.2, -0.15) is 0 Å². The minimum absolute atomic E-state index is 0.293. The van der Waals surface area contributed by atoms with Crippen LogP contribution in [0.5, 0.6) is 0 Å². The van der Waals surface area contributed by atoms with Crippen LogP contribution in [-0.4, -0.2) is 48.2 Å². The van der Waals surface area contributed by atoms with E-state index in [0.29, 0.717) is 11.6 Å². The first kappa shape index (κ1) is 71.0. The average Bonchev–Trinajstić information content (AvgIpc) is 1.55. The zero-order valence-electron chi connectivity index (χ0n) is 61.2. The number of halogens is 2. The van der Waals surface area contributed by atoms with Crippen LogP contribution in [0.15, 0.2) is 392 Å². The molecule has 16 aromatic rings. The zero-order chi connectivity index (χ0) is 74.9.